The molecule has 8 heteroatoms. The predicted octanol–water partition coefficient (Wildman–Crippen LogP) is 3.87. The van der Waals surface area contributed by atoms with Crippen molar-refractivity contribution < 1.29 is 8.94 Å². The number of nitrogens with zero attached hydrogens (tertiary/aromatic N) is 5. The number of hydrogen-bond donors (Lipinski definition) is 0. The topological polar surface area (TPSA) is 82.2 Å². The Morgan fingerprint density at radius 1 is 1.12 bits per heavy atom. The molecule has 0 spiro atoms. The maximum absolute atomic E-state index is 5.98. The second-order valence-electron chi connectivity index (χ2n) is 5.50. The summed E-state index contributed by atoms with van der Waals surface area (Å²) in [5, 5.41) is 18.8. The second-order valence-corrected chi connectivity index (χ2v) is 6.46. The first-order chi connectivity index (χ1) is 11.7. The molecule has 0 aliphatic carbocycles. The number of hydrogen-bond acceptors (Lipinski definition) is 7. The third kappa shape index (κ3) is 1.83. The molecule has 24 heavy (non-hydrogen) atoms. The van der Waals surface area contributed by atoms with Crippen LogP contribution in [0.5, 0.6) is 0 Å². The fourth-order valence-corrected chi connectivity index (χ4v) is 3.51. The van der Waals surface area contributed by atoms with E-state index in [0.29, 0.717) is 22.2 Å². The smallest absolute Gasteiger partial charge is 0.235 e. The third-order valence-electron chi connectivity index (χ3n) is 3.88. The molecule has 0 atom stereocenters. The van der Waals surface area contributed by atoms with Crippen molar-refractivity contribution in [2.45, 2.75) is 13.8 Å². The van der Waals surface area contributed by atoms with E-state index < -0.39 is 0 Å². The summed E-state index contributed by atoms with van der Waals surface area (Å²) in [7, 11) is 0. The fraction of sp³-hybridized carbons (Fsp3) is 0.125. The summed E-state index contributed by atoms with van der Waals surface area (Å²) in [6, 6.07) is 9.75. The standard InChI is InChI=1S/C16H11N5O2S/c1-8-7-11(20-23-8)15-19-21-14(17-18-16(21)24-15)13-9(2)10-5-3-4-6-12(10)22-13/h3-7H,1-2H3. The van der Waals surface area contributed by atoms with Crippen molar-refractivity contribution in [3.05, 3.63) is 41.7 Å². The van der Waals surface area contributed by atoms with Crippen LogP contribution >= 0.6 is 11.3 Å². The van der Waals surface area contributed by atoms with E-state index >= 15 is 0 Å². The summed E-state index contributed by atoms with van der Waals surface area (Å²) in [5.41, 5.74) is 2.53. The highest BCUT2D eigenvalue weighted by Gasteiger charge is 2.21. The van der Waals surface area contributed by atoms with Crippen LogP contribution in [-0.4, -0.2) is 25.0 Å². The molecule has 0 fully saturated rings. The Bertz CT molecular complexity index is 1200. The van der Waals surface area contributed by atoms with E-state index in [9.17, 15) is 0 Å². The van der Waals surface area contributed by atoms with Crippen LogP contribution in [-0.2, 0) is 0 Å². The van der Waals surface area contributed by atoms with E-state index in [-0.39, 0.29) is 0 Å². The molecule has 0 saturated heterocycles. The molecular formula is C16H11N5O2S. The monoisotopic (exact) mass is 337 g/mol. The van der Waals surface area contributed by atoms with Gasteiger partial charge in [0.2, 0.25) is 10.8 Å². The number of aromatic nitrogens is 5. The number of fused-ring (bicyclic) bond motifs is 2. The van der Waals surface area contributed by atoms with Gasteiger partial charge < -0.3 is 8.94 Å². The summed E-state index contributed by atoms with van der Waals surface area (Å²) in [4.78, 5) is 0.681. The summed E-state index contributed by atoms with van der Waals surface area (Å²) in [6.45, 7) is 3.86. The van der Waals surface area contributed by atoms with E-state index in [2.05, 4.69) is 20.5 Å². The zero-order valence-corrected chi connectivity index (χ0v) is 13.7. The van der Waals surface area contributed by atoms with Crippen molar-refractivity contribution >= 4 is 27.3 Å². The van der Waals surface area contributed by atoms with Crippen LogP contribution < -0.4 is 0 Å². The van der Waals surface area contributed by atoms with Gasteiger partial charge in [0.25, 0.3) is 0 Å². The van der Waals surface area contributed by atoms with Crippen molar-refractivity contribution in [1.82, 2.24) is 25.0 Å². The Morgan fingerprint density at radius 3 is 2.79 bits per heavy atom. The molecule has 118 valence electrons. The molecule has 4 heterocycles. The van der Waals surface area contributed by atoms with Gasteiger partial charge in [-0.25, -0.2) is 0 Å². The van der Waals surface area contributed by atoms with Gasteiger partial charge in [0, 0.05) is 17.0 Å². The molecule has 0 unspecified atom stereocenters. The molecule has 0 saturated carbocycles. The summed E-state index contributed by atoms with van der Waals surface area (Å²) in [6.07, 6.45) is 0. The molecule has 4 aromatic heterocycles. The van der Waals surface area contributed by atoms with Crippen LogP contribution in [0.25, 0.3) is 38.2 Å². The van der Waals surface area contributed by atoms with Gasteiger partial charge in [-0.1, -0.05) is 34.7 Å². The van der Waals surface area contributed by atoms with E-state index in [1.807, 2.05) is 44.2 Å². The van der Waals surface area contributed by atoms with E-state index in [1.165, 1.54) is 11.3 Å². The first kappa shape index (κ1) is 13.4. The minimum atomic E-state index is 0.585. The molecule has 0 aliphatic rings. The lowest BCUT2D eigenvalue weighted by molar-refractivity contribution is 0.399. The molecule has 0 bridgehead atoms. The molecule has 5 rings (SSSR count). The van der Waals surface area contributed by atoms with Gasteiger partial charge in [-0.2, -0.15) is 9.61 Å². The van der Waals surface area contributed by atoms with Crippen LogP contribution in [0.2, 0.25) is 0 Å². The fourth-order valence-electron chi connectivity index (χ4n) is 2.72. The first-order valence-corrected chi connectivity index (χ1v) is 8.17. The quantitative estimate of drug-likeness (QED) is 0.486. The Balaban J connectivity index is 1.71. The molecule has 0 amide bonds. The third-order valence-corrected chi connectivity index (χ3v) is 4.81. The Kier molecular flexibility index (Phi) is 2.66. The maximum atomic E-state index is 5.98. The Morgan fingerprint density at radius 2 is 2.00 bits per heavy atom. The molecule has 0 aliphatic heterocycles. The number of benzene rings is 1. The highest BCUT2D eigenvalue weighted by atomic mass is 32.1. The van der Waals surface area contributed by atoms with Gasteiger partial charge in [0.1, 0.15) is 17.0 Å². The van der Waals surface area contributed by atoms with Crippen LogP contribution in [0, 0.1) is 13.8 Å². The minimum absolute atomic E-state index is 0.585. The zero-order chi connectivity index (χ0) is 16.3. The number of aryl methyl sites for hydroxylation is 2. The lowest BCUT2D eigenvalue weighted by atomic mass is 10.1. The van der Waals surface area contributed by atoms with Gasteiger partial charge in [-0.05, 0) is 19.9 Å². The SMILES string of the molecule is Cc1cc(-c2nn3c(-c4oc5ccccc5c4C)nnc3s2)no1. The lowest BCUT2D eigenvalue weighted by Crippen LogP contribution is -1.91. The van der Waals surface area contributed by atoms with Gasteiger partial charge in [-0.3, -0.25) is 0 Å². The van der Waals surface area contributed by atoms with Gasteiger partial charge in [-0.15, -0.1) is 10.2 Å². The van der Waals surface area contributed by atoms with Gasteiger partial charge >= 0.3 is 0 Å². The largest absolute Gasteiger partial charge is 0.452 e. The molecule has 1 aromatic carbocycles. The van der Waals surface area contributed by atoms with Crippen LogP contribution in [0.4, 0.5) is 0 Å². The van der Waals surface area contributed by atoms with Gasteiger partial charge in [0.15, 0.2) is 10.8 Å². The molecule has 0 N–H and O–H groups in total. The van der Waals surface area contributed by atoms with Crippen LogP contribution in [0.3, 0.4) is 0 Å². The summed E-state index contributed by atoms with van der Waals surface area (Å²) in [5.74, 6) is 2.00. The number of para-hydroxylation sites is 1. The molecular weight excluding hydrogens is 326 g/mol. The summed E-state index contributed by atoms with van der Waals surface area (Å²) >= 11 is 1.41. The number of furan rings is 1. The van der Waals surface area contributed by atoms with Crippen molar-refractivity contribution in [3.8, 4) is 22.3 Å². The van der Waals surface area contributed by atoms with E-state index in [1.54, 1.807) is 4.52 Å². The van der Waals surface area contributed by atoms with Crippen LogP contribution in [0.1, 0.15) is 11.3 Å². The Labute approximate surface area is 139 Å². The highest BCUT2D eigenvalue weighted by molar-refractivity contribution is 7.19. The zero-order valence-electron chi connectivity index (χ0n) is 12.8. The average Bonchev–Trinajstić information content (AvgIpc) is 3.31. The second kappa shape index (κ2) is 4.75. The van der Waals surface area contributed by atoms with Gasteiger partial charge in [0.05, 0.1) is 0 Å². The van der Waals surface area contributed by atoms with Crippen molar-refractivity contribution in [3.63, 3.8) is 0 Å². The Hall–Kier alpha value is -3.00. The summed E-state index contributed by atoms with van der Waals surface area (Å²) < 4.78 is 12.8. The predicted molar refractivity (Wildman–Crippen MR) is 88.8 cm³/mol. The molecule has 7 nitrogen and oxygen atoms in total. The maximum Gasteiger partial charge on any atom is 0.235 e. The van der Waals surface area contributed by atoms with E-state index in [4.69, 9.17) is 8.94 Å². The average molecular weight is 337 g/mol. The number of rotatable bonds is 2. The van der Waals surface area contributed by atoms with Crippen LogP contribution in [0.15, 0.2) is 39.3 Å². The van der Waals surface area contributed by atoms with Crippen molar-refractivity contribution in [2.24, 2.45) is 0 Å². The van der Waals surface area contributed by atoms with E-state index in [0.717, 1.165) is 27.3 Å². The van der Waals surface area contributed by atoms with Crippen molar-refractivity contribution in [2.75, 3.05) is 0 Å². The minimum Gasteiger partial charge on any atom is -0.452 e. The first-order valence-electron chi connectivity index (χ1n) is 7.35. The lowest BCUT2D eigenvalue weighted by Gasteiger charge is -1.93. The molecule has 5 aromatic rings. The van der Waals surface area contributed by atoms with Crippen molar-refractivity contribution in [1.29, 1.82) is 0 Å². The molecule has 0 radical (unpaired) electrons. The normalized spacial score (nSPS) is 11.8. The highest BCUT2D eigenvalue weighted by Crippen LogP contribution is 2.33.